The van der Waals surface area contributed by atoms with Crippen LogP contribution in [-0.4, -0.2) is 5.11 Å². The van der Waals surface area contributed by atoms with E-state index in [1.165, 1.54) is 0 Å². The Hall–Kier alpha value is -1.11. The van der Waals surface area contributed by atoms with Gasteiger partial charge in [0.25, 0.3) is 0 Å². The second-order valence-electron chi connectivity index (χ2n) is 2.85. The van der Waals surface area contributed by atoms with Crippen molar-refractivity contribution in [3.05, 3.63) is 28.3 Å². The smallest absolute Gasteiger partial charge is 0.420 e. The molecule has 0 saturated carbocycles. The van der Waals surface area contributed by atoms with E-state index in [0.717, 1.165) is 0 Å². The molecule has 0 atom stereocenters. The van der Waals surface area contributed by atoms with Gasteiger partial charge >= 0.3 is 12.4 Å². The topological polar surface area (TPSA) is 20.2 Å². The molecule has 0 aliphatic heterocycles. The lowest BCUT2D eigenvalue weighted by atomic mass is 10.1. The van der Waals surface area contributed by atoms with Crippen LogP contribution in [0.3, 0.4) is 0 Å². The molecule has 0 unspecified atom stereocenters. The van der Waals surface area contributed by atoms with Crippen molar-refractivity contribution in [2.24, 2.45) is 0 Å². The molecule has 90 valence electrons. The first kappa shape index (κ1) is 13.0. The zero-order valence-corrected chi connectivity index (χ0v) is 8.00. The molecule has 1 N–H and O–H groups in total. The number of halogens is 7. The molecule has 8 heteroatoms. The first-order valence-corrected chi connectivity index (χ1v) is 4.08. The van der Waals surface area contributed by atoms with E-state index in [1.807, 2.05) is 0 Å². The predicted octanol–water partition coefficient (Wildman–Crippen LogP) is 4.08. The molecule has 0 aromatic heterocycles. The Labute approximate surface area is 90.3 Å². The highest BCUT2D eigenvalue weighted by molar-refractivity contribution is 6.32. The van der Waals surface area contributed by atoms with Crippen LogP contribution in [0.5, 0.6) is 5.75 Å². The van der Waals surface area contributed by atoms with Crippen molar-refractivity contribution in [1.29, 1.82) is 0 Å². The van der Waals surface area contributed by atoms with Crippen LogP contribution in [0.2, 0.25) is 5.02 Å². The third-order valence-corrected chi connectivity index (χ3v) is 1.98. The third-order valence-electron chi connectivity index (χ3n) is 1.70. The summed E-state index contributed by atoms with van der Waals surface area (Å²) in [5, 5.41) is 7.91. The molecule has 1 rings (SSSR count). The van der Waals surface area contributed by atoms with Gasteiger partial charge < -0.3 is 5.11 Å². The molecular weight excluding hydrogens is 262 g/mol. The van der Waals surface area contributed by atoms with Gasteiger partial charge in [0, 0.05) is 0 Å². The summed E-state index contributed by atoms with van der Waals surface area (Å²) in [6.45, 7) is 0. The van der Waals surface area contributed by atoms with Gasteiger partial charge in [-0.15, -0.1) is 0 Å². The Morgan fingerprint density at radius 2 is 1.44 bits per heavy atom. The van der Waals surface area contributed by atoms with Crippen LogP contribution in [0.15, 0.2) is 12.1 Å². The van der Waals surface area contributed by atoms with Crippen LogP contribution in [-0.2, 0) is 12.4 Å². The van der Waals surface area contributed by atoms with Crippen molar-refractivity contribution in [1.82, 2.24) is 0 Å². The molecule has 0 radical (unpaired) electrons. The van der Waals surface area contributed by atoms with Gasteiger partial charge in [-0.1, -0.05) is 11.6 Å². The molecule has 1 aromatic carbocycles. The average Bonchev–Trinajstić information content (AvgIpc) is 2.05. The number of aromatic hydroxyl groups is 1. The van der Waals surface area contributed by atoms with E-state index >= 15 is 0 Å². The van der Waals surface area contributed by atoms with E-state index in [4.69, 9.17) is 16.7 Å². The predicted molar refractivity (Wildman–Crippen MR) is 43.1 cm³/mol. The van der Waals surface area contributed by atoms with Gasteiger partial charge in [0.1, 0.15) is 5.75 Å². The van der Waals surface area contributed by atoms with E-state index in [-0.39, 0.29) is 12.1 Å². The Morgan fingerprint density at radius 3 is 1.81 bits per heavy atom. The number of rotatable bonds is 0. The van der Waals surface area contributed by atoms with Crippen LogP contribution in [0.4, 0.5) is 26.3 Å². The molecule has 1 nitrogen and oxygen atoms in total. The normalized spacial score (nSPS) is 12.9. The zero-order valence-electron chi connectivity index (χ0n) is 7.25. The average molecular weight is 265 g/mol. The lowest BCUT2D eigenvalue weighted by molar-refractivity contribution is -0.143. The SMILES string of the molecule is Oc1c(Cl)cc(C(F)(F)F)cc1C(F)(F)F. The highest BCUT2D eigenvalue weighted by atomic mass is 35.5. The van der Waals surface area contributed by atoms with Gasteiger partial charge in [-0.25, -0.2) is 0 Å². The number of phenolic OH excluding ortho intramolecular Hbond substituents is 1. The maximum atomic E-state index is 12.2. The van der Waals surface area contributed by atoms with Crippen molar-refractivity contribution in [2.45, 2.75) is 12.4 Å². The lowest BCUT2D eigenvalue weighted by Crippen LogP contribution is -2.11. The second-order valence-corrected chi connectivity index (χ2v) is 3.26. The van der Waals surface area contributed by atoms with Gasteiger partial charge in [-0.05, 0) is 12.1 Å². The summed E-state index contributed by atoms with van der Waals surface area (Å²) < 4.78 is 73.1. The first-order chi connectivity index (χ1) is 7.03. The maximum absolute atomic E-state index is 12.2. The molecule has 16 heavy (non-hydrogen) atoms. The van der Waals surface area contributed by atoms with Crippen molar-refractivity contribution in [3.8, 4) is 5.75 Å². The lowest BCUT2D eigenvalue weighted by Gasteiger charge is -2.13. The number of hydrogen-bond acceptors (Lipinski definition) is 1. The highest BCUT2D eigenvalue weighted by Gasteiger charge is 2.39. The Kier molecular flexibility index (Phi) is 3.02. The molecule has 0 fully saturated rings. The standard InChI is InChI=1S/C8H3ClF6O/c9-5-2-3(7(10,11)12)1-4(6(5)16)8(13,14)15/h1-2,16H. The van der Waals surface area contributed by atoms with Gasteiger partial charge in [0.05, 0.1) is 16.1 Å². The number of phenols is 1. The Morgan fingerprint density at radius 1 is 0.938 bits per heavy atom. The first-order valence-electron chi connectivity index (χ1n) is 3.70. The van der Waals surface area contributed by atoms with E-state index in [0.29, 0.717) is 0 Å². The molecule has 0 aliphatic carbocycles. The minimum absolute atomic E-state index is 0.193. The molecular formula is C8H3ClF6O. The summed E-state index contributed by atoms with van der Waals surface area (Å²) in [5.74, 6) is -1.41. The largest absolute Gasteiger partial charge is 0.506 e. The Bertz CT molecular complexity index is 408. The fourth-order valence-corrected chi connectivity index (χ4v) is 1.20. The van der Waals surface area contributed by atoms with E-state index in [2.05, 4.69) is 0 Å². The van der Waals surface area contributed by atoms with E-state index < -0.39 is 34.3 Å². The molecule has 1 aromatic rings. The summed E-state index contributed by atoms with van der Waals surface area (Å²) >= 11 is 5.08. The third kappa shape index (κ3) is 2.52. The van der Waals surface area contributed by atoms with Crippen LogP contribution in [0.1, 0.15) is 11.1 Å². The summed E-state index contributed by atoms with van der Waals surface area (Å²) in [5.41, 5.74) is -3.38. The summed E-state index contributed by atoms with van der Waals surface area (Å²) in [6, 6.07) is 0.0351. The van der Waals surface area contributed by atoms with Crippen LogP contribution in [0, 0.1) is 0 Å². The van der Waals surface area contributed by atoms with Gasteiger partial charge in [0.15, 0.2) is 0 Å². The quantitative estimate of drug-likeness (QED) is 0.700. The second kappa shape index (κ2) is 3.73. The summed E-state index contributed by atoms with van der Waals surface area (Å²) in [7, 11) is 0. The monoisotopic (exact) mass is 264 g/mol. The number of hydrogen-bond donors (Lipinski definition) is 1. The molecule has 0 aliphatic rings. The fraction of sp³-hybridized carbons (Fsp3) is 0.250. The van der Waals surface area contributed by atoms with E-state index in [9.17, 15) is 26.3 Å². The van der Waals surface area contributed by atoms with Gasteiger partial charge in [-0.3, -0.25) is 0 Å². The molecule has 0 heterocycles. The van der Waals surface area contributed by atoms with Gasteiger partial charge in [0.2, 0.25) is 0 Å². The van der Waals surface area contributed by atoms with Crippen LogP contribution >= 0.6 is 11.6 Å². The molecule has 0 amide bonds. The molecule has 0 bridgehead atoms. The van der Waals surface area contributed by atoms with Crippen molar-refractivity contribution in [3.63, 3.8) is 0 Å². The summed E-state index contributed by atoms with van der Waals surface area (Å²) in [4.78, 5) is 0. The van der Waals surface area contributed by atoms with Crippen molar-refractivity contribution >= 4 is 11.6 Å². The number of benzene rings is 1. The minimum atomic E-state index is -5.10. The van der Waals surface area contributed by atoms with E-state index in [1.54, 1.807) is 0 Å². The maximum Gasteiger partial charge on any atom is 0.420 e. The molecule has 0 spiro atoms. The number of alkyl halides is 6. The van der Waals surface area contributed by atoms with Crippen LogP contribution < -0.4 is 0 Å². The Balaban J connectivity index is 3.46. The van der Waals surface area contributed by atoms with Crippen molar-refractivity contribution in [2.75, 3.05) is 0 Å². The highest BCUT2D eigenvalue weighted by Crippen LogP contribution is 2.43. The van der Waals surface area contributed by atoms with Crippen molar-refractivity contribution < 1.29 is 31.4 Å². The minimum Gasteiger partial charge on any atom is -0.506 e. The summed E-state index contributed by atoms with van der Waals surface area (Å²) in [6.07, 6.45) is -10.1. The zero-order chi connectivity index (χ0) is 12.7. The molecule has 0 saturated heterocycles. The van der Waals surface area contributed by atoms with Crippen LogP contribution in [0.25, 0.3) is 0 Å². The van der Waals surface area contributed by atoms with Gasteiger partial charge in [-0.2, -0.15) is 26.3 Å². The fourth-order valence-electron chi connectivity index (χ4n) is 0.979.